The fourth-order valence-electron chi connectivity index (χ4n) is 2.35. The quantitative estimate of drug-likeness (QED) is 0.925. The first-order chi connectivity index (χ1) is 9.22. The van der Waals surface area contributed by atoms with Gasteiger partial charge in [-0.1, -0.05) is 15.9 Å². The predicted molar refractivity (Wildman–Crippen MR) is 76.8 cm³/mol. The van der Waals surface area contributed by atoms with E-state index >= 15 is 0 Å². The van der Waals surface area contributed by atoms with Crippen LogP contribution < -0.4 is 5.32 Å². The minimum atomic E-state index is 0.0125. The average Bonchev–Trinajstić information content (AvgIpc) is 2.88. The van der Waals surface area contributed by atoms with Crippen molar-refractivity contribution in [3.63, 3.8) is 0 Å². The second-order valence-electron chi connectivity index (χ2n) is 4.72. The van der Waals surface area contributed by atoms with Crippen LogP contribution in [-0.2, 0) is 17.8 Å². The number of hydrogen-bond acceptors (Lipinski definition) is 2. The Kier molecular flexibility index (Phi) is 3.38. The highest BCUT2D eigenvalue weighted by atomic mass is 79.9. The van der Waals surface area contributed by atoms with Crippen molar-refractivity contribution in [2.24, 2.45) is 5.92 Å². The van der Waals surface area contributed by atoms with Gasteiger partial charge in [-0.05, 0) is 30.7 Å². The van der Waals surface area contributed by atoms with E-state index in [-0.39, 0.29) is 11.8 Å². The van der Waals surface area contributed by atoms with E-state index in [0.29, 0.717) is 0 Å². The number of halogens is 1. The lowest BCUT2D eigenvalue weighted by Crippen LogP contribution is -2.30. The lowest BCUT2D eigenvalue weighted by Gasteiger charge is -2.22. The standard InChI is InChI=1S/C14H14BrN3O/c15-11-1-3-12(4-2-11)17-14(19)10-5-7-18-8-6-16-13(18)9-10/h1-4,6,8,10H,5,7,9H2,(H,17,19). The number of aromatic nitrogens is 2. The molecule has 2 heterocycles. The van der Waals surface area contributed by atoms with E-state index < -0.39 is 0 Å². The molecule has 1 N–H and O–H groups in total. The normalized spacial score (nSPS) is 17.8. The number of aryl methyl sites for hydroxylation is 1. The Bertz CT molecular complexity index is 591. The van der Waals surface area contributed by atoms with Gasteiger partial charge >= 0.3 is 0 Å². The van der Waals surface area contributed by atoms with Crippen LogP contribution in [0, 0.1) is 5.92 Å². The molecule has 19 heavy (non-hydrogen) atoms. The summed E-state index contributed by atoms with van der Waals surface area (Å²) in [4.78, 5) is 16.5. The topological polar surface area (TPSA) is 46.9 Å². The molecule has 1 amide bonds. The van der Waals surface area contributed by atoms with Crippen molar-refractivity contribution in [2.75, 3.05) is 5.32 Å². The van der Waals surface area contributed by atoms with Crippen LogP contribution in [-0.4, -0.2) is 15.5 Å². The van der Waals surface area contributed by atoms with Crippen LogP contribution in [0.3, 0.4) is 0 Å². The number of fused-ring (bicyclic) bond motifs is 1. The van der Waals surface area contributed by atoms with E-state index in [0.717, 1.165) is 35.4 Å². The van der Waals surface area contributed by atoms with Crippen molar-refractivity contribution in [1.29, 1.82) is 0 Å². The maximum atomic E-state index is 12.2. The zero-order valence-corrected chi connectivity index (χ0v) is 11.9. The Hall–Kier alpha value is -1.62. The summed E-state index contributed by atoms with van der Waals surface area (Å²) >= 11 is 3.38. The number of rotatable bonds is 2. The van der Waals surface area contributed by atoms with Crippen LogP contribution in [0.15, 0.2) is 41.1 Å². The molecule has 0 radical (unpaired) electrons. The lowest BCUT2D eigenvalue weighted by atomic mass is 9.97. The fraction of sp³-hybridized carbons (Fsp3) is 0.286. The number of imidazole rings is 1. The smallest absolute Gasteiger partial charge is 0.228 e. The van der Waals surface area contributed by atoms with E-state index in [1.165, 1.54) is 0 Å². The van der Waals surface area contributed by atoms with E-state index in [9.17, 15) is 4.79 Å². The number of anilines is 1. The predicted octanol–water partition coefficient (Wildman–Crippen LogP) is 2.85. The zero-order chi connectivity index (χ0) is 13.2. The third-order valence-corrected chi connectivity index (χ3v) is 3.96. The van der Waals surface area contributed by atoms with Crippen molar-refractivity contribution in [3.05, 3.63) is 47.0 Å². The molecule has 1 aliphatic rings. The van der Waals surface area contributed by atoms with Crippen molar-refractivity contribution < 1.29 is 4.79 Å². The Morgan fingerprint density at radius 2 is 2.16 bits per heavy atom. The molecule has 1 aromatic heterocycles. The van der Waals surface area contributed by atoms with Crippen molar-refractivity contribution in [2.45, 2.75) is 19.4 Å². The van der Waals surface area contributed by atoms with Crippen LogP contribution in [0.1, 0.15) is 12.2 Å². The molecule has 1 unspecified atom stereocenters. The largest absolute Gasteiger partial charge is 0.335 e. The zero-order valence-electron chi connectivity index (χ0n) is 10.3. The summed E-state index contributed by atoms with van der Waals surface area (Å²) in [5, 5.41) is 2.97. The summed E-state index contributed by atoms with van der Waals surface area (Å²) in [6.07, 6.45) is 5.35. The monoisotopic (exact) mass is 319 g/mol. The van der Waals surface area contributed by atoms with Crippen LogP contribution in [0.25, 0.3) is 0 Å². The SMILES string of the molecule is O=C(Nc1ccc(Br)cc1)C1CCn2ccnc2C1. The molecule has 1 aliphatic heterocycles. The van der Waals surface area contributed by atoms with Gasteiger partial charge in [-0.3, -0.25) is 4.79 Å². The first-order valence-corrected chi connectivity index (χ1v) is 7.08. The van der Waals surface area contributed by atoms with Crippen LogP contribution in [0.4, 0.5) is 5.69 Å². The summed E-state index contributed by atoms with van der Waals surface area (Å²) in [5.41, 5.74) is 0.835. The van der Waals surface area contributed by atoms with Gasteiger partial charge in [0.25, 0.3) is 0 Å². The average molecular weight is 320 g/mol. The van der Waals surface area contributed by atoms with Crippen molar-refractivity contribution >= 4 is 27.5 Å². The van der Waals surface area contributed by atoms with Crippen molar-refractivity contribution in [1.82, 2.24) is 9.55 Å². The van der Waals surface area contributed by atoms with Crippen molar-refractivity contribution in [3.8, 4) is 0 Å². The molecule has 3 rings (SSSR count). The number of amides is 1. The number of benzene rings is 1. The van der Waals surface area contributed by atoms with Crippen LogP contribution in [0.2, 0.25) is 0 Å². The van der Waals surface area contributed by atoms with Crippen LogP contribution in [0.5, 0.6) is 0 Å². The molecule has 98 valence electrons. The van der Waals surface area contributed by atoms with E-state index in [2.05, 4.69) is 30.8 Å². The summed E-state index contributed by atoms with van der Waals surface area (Å²) in [5.74, 6) is 1.09. The number of hydrogen-bond donors (Lipinski definition) is 1. The van der Waals surface area contributed by atoms with Gasteiger partial charge < -0.3 is 9.88 Å². The molecule has 1 atom stereocenters. The summed E-state index contributed by atoms with van der Waals surface area (Å²) in [7, 11) is 0. The van der Waals surface area contributed by atoms with Gasteiger partial charge in [-0.15, -0.1) is 0 Å². The molecule has 0 saturated carbocycles. The lowest BCUT2D eigenvalue weighted by molar-refractivity contribution is -0.120. The molecule has 0 saturated heterocycles. The van der Waals surface area contributed by atoms with Gasteiger partial charge in [-0.25, -0.2) is 4.98 Å². The van der Waals surface area contributed by atoms with Gasteiger partial charge in [0.15, 0.2) is 0 Å². The van der Waals surface area contributed by atoms with Gasteiger partial charge in [0.05, 0.1) is 0 Å². The molecule has 0 aliphatic carbocycles. The molecule has 5 heteroatoms. The summed E-state index contributed by atoms with van der Waals surface area (Å²) < 4.78 is 3.12. The van der Waals surface area contributed by atoms with E-state index in [4.69, 9.17) is 0 Å². The van der Waals surface area contributed by atoms with Gasteiger partial charge in [0, 0.05) is 41.4 Å². The number of nitrogens with one attached hydrogen (secondary N) is 1. The molecule has 0 spiro atoms. The van der Waals surface area contributed by atoms with E-state index in [1.54, 1.807) is 6.20 Å². The molecule has 0 bridgehead atoms. The Labute approximate surface area is 120 Å². The Balaban J connectivity index is 1.67. The molecular weight excluding hydrogens is 306 g/mol. The maximum absolute atomic E-state index is 12.2. The maximum Gasteiger partial charge on any atom is 0.228 e. The summed E-state index contributed by atoms with van der Waals surface area (Å²) in [6.45, 7) is 0.869. The minimum Gasteiger partial charge on any atom is -0.335 e. The Morgan fingerprint density at radius 3 is 2.95 bits per heavy atom. The van der Waals surface area contributed by atoms with Gasteiger partial charge in [0.2, 0.25) is 5.91 Å². The molecular formula is C14H14BrN3O. The number of nitrogens with zero attached hydrogens (tertiary/aromatic N) is 2. The van der Waals surface area contributed by atoms with Crippen LogP contribution >= 0.6 is 15.9 Å². The molecule has 0 fully saturated rings. The van der Waals surface area contributed by atoms with E-state index in [1.807, 2.05) is 30.5 Å². The number of carbonyl (C=O) groups excluding carboxylic acids is 1. The summed E-state index contributed by atoms with van der Waals surface area (Å²) in [6, 6.07) is 7.63. The number of carbonyl (C=O) groups is 1. The highest BCUT2D eigenvalue weighted by molar-refractivity contribution is 9.10. The minimum absolute atomic E-state index is 0.0125. The highest BCUT2D eigenvalue weighted by Crippen LogP contribution is 2.21. The van der Waals surface area contributed by atoms with Gasteiger partial charge in [0.1, 0.15) is 5.82 Å². The Morgan fingerprint density at radius 1 is 1.37 bits per heavy atom. The third-order valence-electron chi connectivity index (χ3n) is 3.43. The fourth-order valence-corrected chi connectivity index (χ4v) is 2.62. The molecule has 4 nitrogen and oxygen atoms in total. The first kappa shape index (κ1) is 12.4. The molecule has 2 aromatic rings. The third kappa shape index (κ3) is 2.71. The molecule has 1 aromatic carbocycles. The first-order valence-electron chi connectivity index (χ1n) is 6.29. The second-order valence-corrected chi connectivity index (χ2v) is 5.64. The highest BCUT2D eigenvalue weighted by Gasteiger charge is 2.25. The van der Waals surface area contributed by atoms with Gasteiger partial charge in [-0.2, -0.15) is 0 Å². The second kappa shape index (κ2) is 5.17.